The summed E-state index contributed by atoms with van der Waals surface area (Å²) in [5.41, 5.74) is 5.52. The fourth-order valence-corrected chi connectivity index (χ4v) is 1.24. The summed E-state index contributed by atoms with van der Waals surface area (Å²) in [6, 6.07) is 5.25. The van der Waals surface area contributed by atoms with E-state index in [1.54, 1.807) is 0 Å². The van der Waals surface area contributed by atoms with Gasteiger partial charge in [-0.2, -0.15) is 8.78 Å². The van der Waals surface area contributed by atoms with Crippen molar-refractivity contribution in [2.75, 3.05) is 6.54 Å². The number of nitrogens with two attached hydrogens (primary N) is 1. The zero-order valence-corrected chi connectivity index (χ0v) is 9.85. The molecule has 0 unspecified atom stereocenters. The lowest BCUT2D eigenvalue weighted by Crippen LogP contribution is -2.27. The number of halogens is 2. The van der Waals surface area contributed by atoms with E-state index in [4.69, 9.17) is 10.9 Å². The molecular formula is C11H13F2N3O3. The second-order valence-electron chi connectivity index (χ2n) is 3.50. The summed E-state index contributed by atoms with van der Waals surface area (Å²) >= 11 is 0. The maximum absolute atomic E-state index is 11.9. The van der Waals surface area contributed by atoms with Crippen LogP contribution in [0.5, 0.6) is 5.75 Å². The first kappa shape index (κ1) is 14.7. The van der Waals surface area contributed by atoms with Gasteiger partial charge in [0.1, 0.15) is 11.6 Å². The van der Waals surface area contributed by atoms with Gasteiger partial charge in [-0.15, -0.1) is 0 Å². The number of carbonyl (C=O) groups excluding carboxylic acids is 1. The number of hydrogen-bond acceptors (Lipinski definition) is 4. The van der Waals surface area contributed by atoms with E-state index in [9.17, 15) is 13.6 Å². The average Bonchev–Trinajstić information content (AvgIpc) is 2.38. The van der Waals surface area contributed by atoms with Crippen LogP contribution in [0.4, 0.5) is 8.78 Å². The minimum atomic E-state index is -2.90. The van der Waals surface area contributed by atoms with E-state index >= 15 is 0 Å². The summed E-state index contributed by atoms with van der Waals surface area (Å²) in [6.45, 7) is -2.70. The standard InChI is InChI=1S/C11H13F2N3O3/c12-11(13)19-8-3-1-7(2-4-8)10(17)15-6-5-9(14)16-18/h1-4,11,18H,5-6H2,(H2,14,16)(H,15,17). The number of benzene rings is 1. The van der Waals surface area contributed by atoms with Crippen molar-refractivity contribution in [2.24, 2.45) is 10.9 Å². The molecule has 104 valence electrons. The number of amides is 1. The van der Waals surface area contributed by atoms with Crippen LogP contribution in [-0.2, 0) is 0 Å². The number of nitrogens with zero attached hydrogens (tertiary/aromatic N) is 1. The molecule has 1 aromatic carbocycles. The summed E-state index contributed by atoms with van der Waals surface area (Å²) in [4.78, 5) is 11.6. The first-order valence-corrected chi connectivity index (χ1v) is 5.32. The topological polar surface area (TPSA) is 96.9 Å². The van der Waals surface area contributed by atoms with Gasteiger partial charge in [0.05, 0.1) is 0 Å². The second kappa shape index (κ2) is 7.14. The van der Waals surface area contributed by atoms with Crippen molar-refractivity contribution in [1.29, 1.82) is 0 Å². The fraction of sp³-hybridized carbons (Fsp3) is 0.273. The van der Waals surface area contributed by atoms with E-state index < -0.39 is 12.5 Å². The highest BCUT2D eigenvalue weighted by Crippen LogP contribution is 2.14. The predicted molar refractivity (Wildman–Crippen MR) is 63.4 cm³/mol. The molecule has 0 atom stereocenters. The molecule has 4 N–H and O–H groups in total. The first-order chi connectivity index (χ1) is 9.02. The normalized spacial score (nSPS) is 11.4. The number of hydrogen-bond donors (Lipinski definition) is 3. The summed E-state index contributed by atoms with van der Waals surface area (Å²) in [5, 5.41) is 13.6. The van der Waals surface area contributed by atoms with Gasteiger partial charge in [0.15, 0.2) is 0 Å². The summed E-state index contributed by atoms with van der Waals surface area (Å²) in [6.07, 6.45) is 0.203. The van der Waals surface area contributed by atoms with Crippen LogP contribution in [0.25, 0.3) is 0 Å². The molecule has 0 aliphatic heterocycles. The van der Waals surface area contributed by atoms with Crippen molar-refractivity contribution >= 4 is 11.7 Å². The Morgan fingerprint density at radius 3 is 2.58 bits per heavy atom. The minimum absolute atomic E-state index is 0.000909. The molecule has 0 saturated carbocycles. The summed E-state index contributed by atoms with van der Waals surface area (Å²) in [5.74, 6) is -0.418. The molecule has 0 radical (unpaired) electrons. The Bertz CT molecular complexity index is 449. The molecule has 0 aromatic heterocycles. The molecular weight excluding hydrogens is 260 g/mol. The van der Waals surface area contributed by atoms with Crippen LogP contribution in [0.1, 0.15) is 16.8 Å². The van der Waals surface area contributed by atoms with Crippen molar-refractivity contribution in [1.82, 2.24) is 5.32 Å². The average molecular weight is 273 g/mol. The van der Waals surface area contributed by atoms with E-state index in [1.165, 1.54) is 24.3 Å². The van der Waals surface area contributed by atoms with Crippen molar-refractivity contribution in [2.45, 2.75) is 13.0 Å². The molecule has 1 aromatic rings. The van der Waals surface area contributed by atoms with Crippen LogP contribution in [0.2, 0.25) is 0 Å². The van der Waals surface area contributed by atoms with Crippen LogP contribution in [0, 0.1) is 0 Å². The highest BCUT2D eigenvalue weighted by molar-refractivity contribution is 5.94. The second-order valence-corrected chi connectivity index (χ2v) is 3.50. The van der Waals surface area contributed by atoms with E-state index in [2.05, 4.69) is 15.2 Å². The molecule has 1 amide bonds. The Labute approximate surface area is 107 Å². The first-order valence-electron chi connectivity index (χ1n) is 5.32. The Morgan fingerprint density at radius 1 is 1.42 bits per heavy atom. The van der Waals surface area contributed by atoms with Crippen molar-refractivity contribution < 1.29 is 23.5 Å². The number of amidine groups is 1. The maximum atomic E-state index is 11.9. The third-order valence-corrected chi connectivity index (χ3v) is 2.14. The van der Waals surface area contributed by atoms with Crippen molar-refractivity contribution in [3.8, 4) is 5.75 Å². The van der Waals surface area contributed by atoms with Gasteiger partial charge in [-0.3, -0.25) is 4.79 Å². The van der Waals surface area contributed by atoms with Gasteiger partial charge in [0.25, 0.3) is 5.91 Å². The smallest absolute Gasteiger partial charge is 0.387 e. The molecule has 0 saturated heterocycles. The van der Waals surface area contributed by atoms with Gasteiger partial charge in [-0.05, 0) is 24.3 Å². The van der Waals surface area contributed by atoms with Gasteiger partial charge in [-0.1, -0.05) is 5.16 Å². The zero-order valence-electron chi connectivity index (χ0n) is 9.85. The van der Waals surface area contributed by atoms with Crippen LogP contribution in [0.15, 0.2) is 29.4 Å². The number of rotatable bonds is 6. The summed E-state index contributed by atoms with van der Waals surface area (Å²) < 4.78 is 28.0. The number of alkyl halides is 2. The quantitative estimate of drug-likeness (QED) is 0.313. The minimum Gasteiger partial charge on any atom is -0.435 e. The Hall–Kier alpha value is -2.38. The lowest BCUT2D eigenvalue weighted by molar-refractivity contribution is -0.0498. The molecule has 0 fully saturated rings. The van der Waals surface area contributed by atoms with Gasteiger partial charge < -0.3 is 21.0 Å². The fourth-order valence-electron chi connectivity index (χ4n) is 1.24. The molecule has 0 heterocycles. The molecule has 0 aliphatic carbocycles. The number of oxime groups is 1. The Morgan fingerprint density at radius 2 is 2.05 bits per heavy atom. The Kier molecular flexibility index (Phi) is 5.52. The lowest BCUT2D eigenvalue weighted by atomic mass is 10.2. The van der Waals surface area contributed by atoms with Crippen LogP contribution < -0.4 is 15.8 Å². The SMILES string of the molecule is N/C(CCNC(=O)c1ccc(OC(F)F)cc1)=N/O. The van der Waals surface area contributed by atoms with E-state index in [1.807, 2.05) is 0 Å². The van der Waals surface area contributed by atoms with Crippen LogP contribution in [-0.4, -0.2) is 30.1 Å². The molecule has 19 heavy (non-hydrogen) atoms. The molecule has 0 bridgehead atoms. The highest BCUT2D eigenvalue weighted by Gasteiger charge is 2.07. The third-order valence-electron chi connectivity index (χ3n) is 2.14. The monoisotopic (exact) mass is 273 g/mol. The maximum Gasteiger partial charge on any atom is 0.387 e. The molecule has 6 nitrogen and oxygen atoms in total. The molecule has 0 aliphatic rings. The summed E-state index contributed by atoms with van der Waals surface area (Å²) in [7, 11) is 0. The van der Waals surface area contributed by atoms with Crippen LogP contribution >= 0.6 is 0 Å². The predicted octanol–water partition coefficient (Wildman–Crippen LogP) is 1.15. The van der Waals surface area contributed by atoms with Gasteiger partial charge in [0, 0.05) is 18.5 Å². The highest BCUT2D eigenvalue weighted by atomic mass is 19.3. The van der Waals surface area contributed by atoms with Crippen LogP contribution in [0.3, 0.4) is 0 Å². The lowest BCUT2D eigenvalue weighted by Gasteiger charge is -2.06. The molecule has 0 spiro atoms. The van der Waals surface area contributed by atoms with Gasteiger partial charge >= 0.3 is 6.61 Å². The zero-order chi connectivity index (χ0) is 14.3. The van der Waals surface area contributed by atoms with E-state index in [-0.39, 0.29) is 24.6 Å². The van der Waals surface area contributed by atoms with Gasteiger partial charge in [-0.25, -0.2) is 0 Å². The Balaban J connectivity index is 2.49. The van der Waals surface area contributed by atoms with Crippen molar-refractivity contribution in [3.05, 3.63) is 29.8 Å². The van der Waals surface area contributed by atoms with E-state index in [0.29, 0.717) is 5.56 Å². The number of ether oxygens (including phenoxy) is 1. The molecule has 8 heteroatoms. The largest absolute Gasteiger partial charge is 0.435 e. The number of nitrogens with one attached hydrogen (secondary N) is 1. The number of carbonyl (C=O) groups is 1. The molecule has 1 rings (SSSR count). The van der Waals surface area contributed by atoms with E-state index in [0.717, 1.165) is 0 Å². The van der Waals surface area contributed by atoms with Crippen molar-refractivity contribution in [3.63, 3.8) is 0 Å². The third kappa shape index (κ3) is 5.19. The van der Waals surface area contributed by atoms with Gasteiger partial charge in [0.2, 0.25) is 0 Å².